The number of benzene rings is 1. The highest BCUT2D eigenvalue weighted by atomic mass is 32.2. The molecule has 0 spiro atoms. The van der Waals surface area contributed by atoms with E-state index in [0.29, 0.717) is 44.2 Å². The quantitative estimate of drug-likeness (QED) is 0.667. The SMILES string of the molecule is CCOC(=O)C1CCCN(C(=O)c2ccc3c(c2)NC(=O)C([NH+]2CCOCC2)S3)C1. The minimum Gasteiger partial charge on any atom is -0.466 e. The molecule has 8 nitrogen and oxygen atoms in total. The van der Waals surface area contributed by atoms with E-state index in [-0.39, 0.29) is 29.1 Å². The number of hydrogen-bond donors (Lipinski definition) is 2. The highest BCUT2D eigenvalue weighted by Gasteiger charge is 2.37. The normalized spacial score (nSPS) is 24.7. The summed E-state index contributed by atoms with van der Waals surface area (Å²) in [6.45, 7) is 6.09. The average Bonchev–Trinajstić information content (AvgIpc) is 2.78. The fraction of sp³-hybridized carbons (Fsp3) is 0.571. The Kier molecular flexibility index (Phi) is 6.60. The van der Waals surface area contributed by atoms with E-state index in [0.717, 1.165) is 30.8 Å². The Labute approximate surface area is 180 Å². The van der Waals surface area contributed by atoms with Crippen LogP contribution in [0.2, 0.25) is 0 Å². The van der Waals surface area contributed by atoms with Crippen LogP contribution in [-0.2, 0) is 19.1 Å². The maximum Gasteiger partial charge on any atom is 0.310 e. The largest absolute Gasteiger partial charge is 0.466 e. The Morgan fingerprint density at radius 2 is 2.13 bits per heavy atom. The van der Waals surface area contributed by atoms with Crippen molar-refractivity contribution in [2.24, 2.45) is 5.92 Å². The molecule has 0 radical (unpaired) electrons. The van der Waals surface area contributed by atoms with Crippen molar-refractivity contribution in [3.63, 3.8) is 0 Å². The number of morpholine rings is 1. The number of nitrogens with zero attached hydrogens (tertiary/aromatic N) is 1. The molecule has 2 unspecified atom stereocenters. The number of quaternary nitrogens is 1. The summed E-state index contributed by atoms with van der Waals surface area (Å²) in [5.41, 5.74) is 1.20. The lowest BCUT2D eigenvalue weighted by Crippen LogP contribution is -3.18. The van der Waals surface area contributed by atoms with Gasteiger partial charge in [-0.3, -0.25) is 14.4 Å². The molecule has 2 saturated heterocycles. The van der Waals surface area contributed by atoms with E-state index < -0.39 is 0 Å². The zero-order valence-corrected chi connectivity index (χ0v) is 18.0. The molecular formula is C21H28N3O5S+. The number of fused-ring (bicyclic) bond motifs is 1. The second-order valence-corrected chi connectivity index (χ2v) is 8.96. The molecule has 162 valence electrons. The van der Waals surface area contributed by atoms with Crippen molar-refractivity contribution in [1.29, 1.82) is 0 Å². The van der Waals surface area contributed by atoms with Crippen molar-refractivity contribution in [2.75, 3.05) is 51.3 Å². The molecule has 2 atom stereocenters. The topological polar surface area (TPSA) is 89.4 Å². The molecule has 0 aliphatic carbocycles. The van der Waals surface area contributed by atoms with Gasteiger partial charge in [0.1, 0.15) is 13.1 Å². The van der Waals surface area contributed by atoms with Crippen molar-refractivity contribution in [2.45, 2.75) is 30.0 Å². The van der Waals surface area contributed by atoms with Crippen LogP contribution < -0.4 is 10.2 Å². The number of rotatable bonds is 4. The number of hydrogen-bond acceptors (Lipinski definition) is 6. The van der Waals surface area contributed by atoms with Gasteiger partial charge in [-0.05, 0) is 38.0 Å². The number of piperidine rings is 1. The fourth-order valence-electron chi connectivity index (χ4n) is 4.20. The van der Waals surface area contributed by atoms with Gasteiger partial charge in [-0.25, -0.2) is 0 Å². The number of likely N-dealkylation sites (tertiary alicyclic amines) is 1. The first-order valence-electron chi connectivity index (χ1n) is 10.6. The zero-order valence-electron chi connectivity index (χ0n) is 17.1. The first-order valence-corrected chi connectivity index (χ1v) is 11.4. The Hall–Kier alpha value is -2.10. The Balaban J connectivity index is 1.45. The third-order valence-electron chi connectivity index (χ3n) is 5.80. The number of esters is 1. The second kappa shape index (κ2) is 9.36. The van der Waals surface area contributed by atoms with Gasteiger partial charge in [0, 0.05) is 23.5 Å². The van der Waals surface area contributed by atoms with Gasteiger partial charge in [0.2, 0.25) is 5.37 Å². The van der Waals surface area contributed by atoms with Crippen LogP contribution in [0.25, 0.3) is 0 Å². The third kappa shape index (κ3) is 4.48. The lowest BCUT2D eigenvalue weighted by Gasteiger charge is -2.33. The molecule has 0 aromatic heterocycles. The minimum atomic E-state index is -0.271. The van der Waals surface area contributed by atoms with Crippen molar-refractivity contribution in [3.8, 4) is 0 Å². The van der Waals surface area contributed by atoms with Crippen LogP contribution in [0.5, 0.6) is 0 Å². The first-order chi connectivity index (χ1) is 14.6. The minimum absolute atomic E-state index is 0.0330. The second-order valence-electron chi connectivity index (χ2n) is 7.81. The highest BCUT2D eigenvalue weighted by Crippen LogP contribution is 2.35. The average molecular weight is 435 g/mol. The van der Waals surface area contributed by atoms with Crippen LogP contribution in [0.4, 0.5) is 5.69 Å². The van der Waals surface area contributed by atoms with E-state index in [4.69, 9.17) is 9.47 Å². The molecular weight excluding hydrogens is 406 g/mol. The summed E-state index contributed by atoms with van der Waals surface area (Å²) in [6.07, 6.45) is 1.52. The van der Waals surface area contributed by atoms with Crippen LogP contribution in [0, 0.1) is 5.92 Å². The molecule has 3 aliphatic rings. The number of ether oxygens (including phenoxy) is 2. The monoisotopic (exact) mass is 434 g/mol. The first kappa shape index (κ1) is 21.1. The van der Waals surface area contributed by atoms with Crippen molar-refractivity contribution in [1.82, 2.24) is 4.90 Å². The third-order valence-corrected chi connectivity index (χ3v) is 7.19. The molecule has 1 aromatic carbocycles. The Morgan fingerprint density at radius 3 is 2.90 bits per heavy atom. The van der Waals surface area contributed by atoms with Gasteiger partial charge in [0.15, 0.2) is 0 Å². The fourth-order valence-corrected chi connectivity index (χ4v) is 5.41. The zero-order chi connectivity index (χ0) is 21.1. The van der Waals surface area contributed by atoms with Crippen LogP contribution in [0.3, 0.4) is 0 Å². The molecule has 2 fully saturated rings. The number of anilines is 1. The highest BCUT2D eigenvalue weighted by molar-refractivity contribution is 8.00. The van der Waals surface area contributed by atoms with E-state index >= 15 is 0 Å². The molecule has 3 aliphatic heterocycles. The lowest BCUT2D eigenvalue weighted by atomic mass is 9.97. The van der Waals surface area contributed by atoms with Crippen LogP contribution >= 0.6 is 11.8 Å². The number of nitrogens with one attached hydrogen (secondary N) is 2. The summed E-state index contributed by atoms with van der Waals surface area (Å²) in [5, 5.41) is 2.78. The molecule has 30 heavy (non-hydrogen) atoms. The van der Waals surface area contributed by atoms with E-state index in [2.05, 4.69) is 5.32 Å². The summed E-state index contributed by atoms with van der Waals surface area (Å²) in [4.78, 5) is 41.7. The van der Waals surface area contributed by atoms with Gasteiger partial charge >= 0.3 is 5.97 Å². The standard InChI is InChI=1S/C21H27N3O5S/c1-2-29-21(27)15-4-3-7-24(13-15)19(26)14-5-6-17-16(12-14)22-18(25)20(30-17)23-8-10-28-11-9-23/h5-6,12,15,20H,2-4,7-11,13H2,1H3,(H,22,25)/p+1. The summed E-state index contributed by atoms with van der Waals surface area (Å²) in [6, 6.07) is 5.47. The number of carbonyl (C=O) groups excluding carboxylic acids is 3. The van der Waals surface area contributed by atoms with Crippen LogP contribution in [0.1, 0.15) is 30.1 Å². The molecule has 4 rings (SSSR count). The molecule has 0 bridgehead atoms. The molecule has 0 saturated carbocycles. The van der Waals surface area contributed by atoms with E-state index in [1.807, 2.05) is 12.1 Å². The number of thioether (sulfide) groups is 1. The molecule has 3 heterocycles. The summed E-state index contributed by atoms with van der Waals surface area (Å²) in [7, 11) is 0. The van der Waals surface area contributed by atoms with Gasteiger partial charge in [-0.1, -0.05) is 11.8 Å². The summed E-state index contributed by atoms with van der Waals surface area (Å²) in [5.74, 6) is -0.658. The maximum atomic E-state index is 13.0. The van der Waals surface area contributed by atoms with E-state index in [9.17, 15) is 14.4 Å². The van der Waals surface area contributed by atoms with Crippen molar-refractivity contribution < 1.29 is 28.8 Å². The van der Waals surface area contributed by atoms with Gasteiger partial charge < -0.3 is 24.6 Å². The van der Waals surface area contributed by atoms with Gasteiger partial charge in [-0.15, -0.1) is 0 Å². The van der Waals surface area contributed by atoms with E-state index in [1.165, 1.54) is 4.90 Å². The number of carbonyl (C=O) groups is 3. The van der Waals surface area contributed by atoms with E-state index in [1.54, 1.807) is 29.7 Å². The molecule has 1 aromatic rings. The predicted octanol–water partition coefficient (Wildman–Crippen LogP) is 0.387. The summed E-state index contributed by atoms with van der Waals surface area (Å²) < 4.78 is 10.5. The van der Waals surface area contributed by atoms with Crippen LogP contribution in [-0.4, -0.2) is 74.1 Å². The maximum absolute atomic E-state index is 13.0. The Morgan fingerprint density at radius 1 is 1.33 bits per heavy atom. The van der Waals surface area contributed by atoms with Gasteiger partial charge in [-0.2, -0.15) is 0 Å². The summed E-state index contributed by atoms with van der Waals surface area (Å²) >= 11 is 1.55. The lowest BCUT2D eigenvalue weighted by molar-refractivity contribution is -0.909. The molecule has 9 heteroatoms. The smallest absolute Gasteiger partial charge is 0.310 e. The van der Waals surface area contributed by atoms with Crippen molar-refractivity contribution >= 4 is 35.2 Å². The van der Waals surface area contributed by atoms with Crippen molar-refractivity contribution in [3.05, 3.63) is 23.8 Å². The number of amides is 2. The van der Waals surface area contributed by atoms with Crippen LogP contribution in [0.15, 0.2) is 23.1 Å². The molecule has 2 N–H and O–H groups in total. The molecule has 2 amide bonds. The van der Waals surface area contributed by atoms with Gasteiger partial charge in [0.05, 0.1) is 31.4 Å². The Bertz CT molecular complexity index is 827. The van der Waals surface area contributed by atoms with Gasteiger partial charge in [0.25, 0.3) is 11.8 Å². The predicted molar refractivity (Wildman–Crippen MR) is 111 cm³/mol.